The Kier molecular flexibility index (Phi) is 5.09. The van der Waals surface area contributed by atoms with Crippen molar-refractivity contribution in [1.82, 2.24) is 9.88 Å². The summed E-state index contributed by atoms with van der Waals surface area (Å²) >= 11 is 0. The third kappa shape index (κ3) is 3.41. The van der Waals surface area contributed by atoms with E-state index in [2.05, 4.69) is 40.7 Å². The molecule has 3 saturated heterocycles. The van der Waals surface area contributed by atoms with Crippen LogP contribution < -0.4 is 0 Å². The summed E-state index contributed by atoms with van der Waals surface area (Å²) < 4.78 is 6.21. The summed E-state index contributed by atoms with van der Waals surface area (Å²) in [4.78, 5) is 20.0. The number of para-hydroxylation sites is 1. The van der Waals surface area contributed by atoms with Gasteiger partial charge in [0.25, 0.3) is 0 Å². The summed E-state index contributed by atoms with van der Waals surface area (Å²) in [5.74, 6) is 0.668. The van der Waals surface area contributed by atoms with Gasteiger partial charge in [0.05, 0.1) is 17.1 Å². The van der Waals surface area contributed by atoms with Crippen LogP contribution in [0.2, 0.25) is 0 Å². The van der Waals surface area contributed by atoms with E-state index < -0.39 is 0 Å². The van der Waals surface area contributed by atoms with E-state index >= 15 is 0 Å². The van der Waals surface area contributed by atoms with E-state index in [1.165, 1.54) is 5.56 Å². The van der Waals surface area contributed by atoms with Gasteiger partial charge in [0, 0.05) is 18.1 Å². The number of fused-ring (bicyclic) bond motifs is 5. The van der Waals surface area contributed by atoms with Gasteiger partial charge in [-0.3, -0.25) is 9.88 Å². The van der Waals surface area contributed by atoms with Gasteiger partial charge >= 0.3 is 5.97 Å². The average Bonchev–Trinajstić information content (AvgIpc) is 3.06. The lowest BCUT2D eigenvalue weighted by Gasteiger charge is -2.37. The van der Waals surface area contributed by atoms with Gasteiger partial charge in [0.1, 0.15) is 6.10 Å². The van der Waals surface area contributed by atoms with E-state index in [-0.39, 0.29) is 18.1 Å². The molecule has 152 valence electrons. The zero-order valence-corrected chi connectivity index (χ0v) is 17.0. The van der Waals surface area contributed by atoms with E-state index in [0.29, 0.717) is 17.4 Å². The lowest BCUT2D eigenvalue weighted by Crippen LogP contribution is -2.40. The fourth-order valence-corrected chi connectivity index (χ4v) is 5.20. The standard InChI is InChI=1S/C26H26N2O2/c1-2-18-17-28-15-13-20(18)16-24(30-26(29)19-8-4-3-5-9-19)25(28)22-12-14-27-23-11-7-6-10-21(22)23/h2-12,14,18,20,24-25H,1,13,15-17H2/t18-,20-,24+,25+/m0/s1. The van der Waals surface area contributed by atoms with Crippen molar-refractivity contribution in [1.29, 1.82) is 0 Å². The first-order valence-electron chi connectivity index (χ1n) is 10.7. The first-order valence-corrected chi connectivity index (χ1v) is 10.7. The molecule has 0 spiro atoms. The van der Waals surface area contributed by atoms with Crippen molar-refractivity contribution >= 4 is 16.9 Å². The van der Waals surface area contributed by atoms with Crippen LogP contribution >= 0.6 is 0 Å². The van der Waals surface area contributed by atoms with Gasteiger partial charge in [-0.1, -0.05) is 42.5 Å². The number of benzene rings is 2. The molecule has 4 heteroatoms. The number of piperidine rings is 1. The molecule has 0 aliphatic carbocycles. The number of nitrogens with zero attached hydrogens (tertiary/aromatic N) is 2. The molecule has 4 heterocycles. The van der Waals surface area contributed by atoms with Crippen LogP contribution in [0.1, 0.15) is 34.8 Å². The van der Waals surface area contributed by atoms with Crippen molar-refractivity contribution in [2.45, 2.75) is 25.0 Å². The van der Waals surface area contributed by atoms with Crippen LogP contribution in [0.3, 0.4) is 0 Å². The maximum atomic E-state index is 13.0. The number of ether oxygens (including phenoxy) is 1. The molecule has 6 rings (SSSR count). The van der Waals surface area contributed by atoms with Crippen LogP contribution in [0.4, 0.5) is 0 Å². The summed E-state index contributed by atoms with van der Waals surface area (Å²) in [7, 11) is 0. The Bertz CT molecular complexity index is 1060. The van der Waals surface area contributed by atoms with Crippen LogP contribution in [0.5, 0.6) is 0 Å². The molecule has 1 unspecified atom stereocenters. The molecule has 0 saturated carbocycles. The van der Waals surface area contributed by atoms with Crippen molar-refractivity contribution in [3.05, 3.63) is 90.6 Å². The number of rotatable bonds is 4. The molecule has 0 amide bonds. The molecule has 4 nitrogen and oxygen atoms in total. The van der Waals surface area contributed by atoms with E-state index in [1.807, 2.05) is 48.7 Å². The highest BCUT2D eigenvalue weighted by Crippen LogP contribution is 2.44. The predicted molar refractivity (Wildman–Crippen MR) is 118 cm³/mol. The number of esters is 1. The maximum Gasteiger partial charge on any atom is 0.338 e. The average molecular weight is 399 g/mol. The topological polar surface area (TPSA) is 42.4 Å². The molecule has 3 aliphatic heterocycles. The molecular formula is C26H26N2O2. The van der Waals surface area contributed by atoms with Crippen molar-refractivity contribution in [3.8, 4) is 0 Å². The van der Waals surface area contributed by atoms with Crippen LogP contribution in [0.15, 0.2) is 79.5 Å². The molecule has 3 aliphatic rings. The molecule has 1 aromatic heterocycles. The fraction of sp³-hybridized carbons (Fsp3) is 0.308. The quantitative estimate of drug-likeness (QED) is 0.457. The van der Waals surface area contributed by atoms with E-state index in [4.69, 9.17) is 4.74 Å². The second-order valence-electron chi connectivity index (χ2n) is 8.35. The van der Waals surface area contributed by atoms with Gasteiger partial charge < -0.3 is 4.74 Å². The highest BCUT2D eigenvalue weighted by atomic mass is 16.5. The smallest absolute Gasteiger partial charge is 0.338 e. The summed E-state index contributed by atoms with van der Waals surface area (Å²) in [6.07, 6.45) is 5.71. The molecule has 2 aromatic carbocycles. The second-order valence-corrected chi connectivity index (χ2v) is 8.35. The first-order chi connectivity index (χ1) is 14.7. The Hall–Kier alpha value is -2.98. The van der Waals surface area contributed by atoms with E-state index in [1.54, 1.807) is 0 Å². The minimum atomic E-state index is -0.249. The fourth-order valence-electron chi connectivity index (χ4n) is 5.20. The van der Waals surface area contributed by atoms with Gasteiger partial charge in [0.2, 0.25) is 0 Å². The highest BCUT2D eigenvalue weighted by Gasteiger charge is 2.43. The first kappa shape index (κ1) is 19.0. The largest absolute Gasteiger partial charge is 0.457 e. The molecule has 0 N–H and O–H groups in total. The second kappa shape index (κ2) is 8.04. The molecular weight excluding hydrogens is 372 g/mol. The Balaban J connectivity index is 1.57. The van der Waals surface area contributed by atoms with Gasteiger partial charge in [-0.05, 0) is 61.1 Å². The molecule has 0 radical (unpaired) electrons. The normalized spacial score (nSPS) is 28.1. The number of pyridine rings is 1. The van der Waals surface area contributed by atoms with Gasteiger partial charge in [-0.15, -0.1) is 6.58 Å². The summed E-state index contributed by atoms with van der Waals surface area (Å²) in [6, 6.07) is 19.6. The number of hydrogen-bond acceptors (Lipinski definition) is 4. The number of aromatic nitrogens is 1. The highest BCUT2D eigenvalue weighted by molar-refractivity contribution is 5.89. The van der Waals surface area contributed by atoms with Crippen LogP contribution in [0.25, 0.3) is 10.9 Å². The maximum absolute atomic E-state index is 13.0. The Morgan fingerprint density at radius 3 is 2.73 bits per heavy atom. The monoisotopic (exact) mass is 398 g/mol. The third-order valence-corrected chi connectivity index (χ3v) is 6.69. The lowest BCUT2D eigenvalue weighted by molar-refractivity contribution is 0.00394. The zero-order chi connectivity index (χ0) is 20.5. The van der Waals surface area contributed by atoms with Crippen LogP contribution in [0, 0.1) is 11.8 Å². The van der Waals surface area contributed by atoms with Crippen molar-refractivity contribution < 1.29 is 9.53 Å². The van der Waals surface area contributed by atoms with Crippen molar-refractivity contribution in [2.75, 3.05) is 13.1 Å². The predicted octanol–water partition coefficient (Wildman–Crippen LogP) is 5.03. The number of hydrogen-bond donors (Lipinski definition) is 0. The zero-order valence-electron chi connectivity index (χ0n) is 17.0. The summed E-state index contributed by atoms with van der Waals surface area (Å²) in [6.45, 7) is 6.04. The van der Waals surface area contributed by atoms with Gasteiger partial charge in [-0.2, -0.15) is 0 Å². The van der Waals surface area contributed by atoms with Crippen molar-refractivity contribution in [2.24, 2.45) is 11.8 Å². The van der Waals surface area contributed by atoms with Gasteiger partial charge in [-0.25, -0.2) is 4.79 Å². The molecule has 3 aromatic rings. The Morgan fingerprint density at radius 2 is 1.90 bits per heavy atom. The Morgan fingerprint density at radius 1 is 1.10 bits per heavy atom. The van der Waals surface area contributed by atoms with Gasteiger partial charge in [0.15, 0.2) is 0 Å². The molecule has 30 heavy (non-hydrogen) atoms. The van der Waals surface area contributed by atoms with E-state index in [0.717, 1.165) is 36.8 Å². The van der Waals surface area contributed by atoms with Crippen LogP contribution in [-0.4, -0.2) is 35.0 Å². The minimum absolute atomic E-state index is 0.0144. The number of carbonyl (C=O) groups is 1. The van der Waals surface area contributed by atoms with E-state index in [9.17, 15) is 4.79 Å². The molecule has 3 fully saturated rings. The number of carbonyl (C=O) groups excluding carboxylic acids is 1. The summed E-state index contributed by atoms with van der Waals surface area (Å²) in [5.41, 5.74) is 2.77. The van der Waals surface area contributed by atoms with Crippen LogP contribution in [-0.2, 0) is 4.74 Å². The molecule has 5 atom stereocenters. The SMILES string of the molecule is C=C[C@H]1CN2CC[C@H]1C[C@@H](OC(=O)c1ccccc1)[C@H]2c1ccnc2ccccc12. The third-order valence-electron chi connectivity index (χ3n) is 6.69. The molecule has 2 bridgehead atoms. The minimum Gasteiger partial charge on any atom is -0.457 e. The lowest BCUT2D eigenvalue weighted by atomic mass is 9.84. The van der Waals surface area contributed by atoms with Crippen molar-refractivity contribution in [3.63, 3.8) is 0 Å². The Labute approximate surface area is 177 Å². The summed E-state index contributed by atoms with van der Waals surface area (Å²) in [5, 5.41) is 1.13.